The van der Waals surface area contributed by atoms with Crippen LogP contribution < -0.4 is 10.5 Å². The molecule has 0 bridgehead atoms. The van der Waals surface area contributed by atoms with Crippen molar-refractivity contribution < 1.29 is 22.7 Å². The lowest BCUT2D eigenvalue weighted by atomic mass is 9.97. The highest BCUT2D eigenvalue weighted by Crippen LogP contribution is 2.36. The van der Waals surface area contributed by atoms with Crippen molar-refractivity contribution in [2.24, 2.45) is 5.73 Å². The Morgan fingerprint density at radius 1 is 1.23 bits per heavy atom. The van der Waals surface area contributed by atoms with Crippen LogP contribution in [0.15, 0.2) is 36.4 Å². The largest absolute Gasteiger partial charge is 0.573 e. The SMILES string of the molecule is Cc1cc(CN)cc2c1C(C=O)N(Cc1ccc(OC(F)(F)F)cc1)C2. The van der Waals surface area contributed by atoms with E-state index in [1.807, 2.05) is 24.0 Å². The molecule has 0 saturated carbocycles. The fraction of sp³-hybridized carbons (Fsp3) is 0.316. The van der Waals surface area contributed by atoms with Crippen LogP contribution in [-0.2, 0) is 24.4 Å². The van der Waals surface area contributed by atoms with Crippen LogP contribution in [0.3, 0.4) is 0 Å². The molecule has 0 aromatic heterocycles. The van der Waals surface area contributed by atoms with Gasteiger partial charge < -0.3 is 15.3 Å². The lowest BCUT2D eigenvalue weighted by Gasteiger charge is -2.21. The molecule has 7 heteroatoms. The molecule has 0 amide bonds. The van der Waals surface area contributed by atoms with E-state index in [9.17, 15) is 18.0 Å². The van der Waals surface area contributed by atoms with Gasteiger partial charge in [-0.05, 0) is 46.9 Å². The summed E-state index contributed by atoms with van der Waals surface area (Å²) in [6.45, 7) is 3.43. The normalized spacial score (nSPS) is 17.2. The van der Waals surface area contributed by atoms with E-state index >= 15 is 0 Å². The highest BCUT2D eigenvalue weighted by Gasteiger charge is 2.32. The van der Waals surface area contributed by atoms with Crippen molar-refractivity contribution in [2.75, 3.05) is 0 Å². The number of carbonyl (C=O) groups excluding carboxylic acids is 1. The van der Waals surface area contributed by atoms with E-state index in [4.69, 9.17) is 5.73 Å². The summed E-state index contributed by atoms with van der Waals surface area (Å²) in [7, 11) is 0. The van der Waals surface area contributed by atoms with Gasteiger partial charge in [-0.2, -0.15) is 0 Å². The molecular weight excluding hydrogens is 345 g/mol. The van der Waals surface area contributed by atoms with Crippen molar-refractivity contribution in [1.29, 1.82) is 0 Å². The van der Waals surface area contributed by atoms with Crippen molar-refractivity contribution in [2.45, 2.75) is 39.0 Å². The lowest BCUT2D eigenvalue weighted by molar-refractivity contribution is -0.274. The number of ether oxygens (including phenoxy) is 1. The van der Waals surface area contributed by atoms with Crippen molar-refractivity contribution >= 4 is 6.29 Å². The maximum Gasteiger partial charge on any atom is 0.573 e. The van der Waals surface area contributed by atoms with Crippen LogP contribution in [0.2, 0.25) is 0 Å². The molecule has 2 aromatic rings. The van der Waals surface area contributed by atoms with Crippen LogP contribution >= 0.6 is 0 Å². The van der Waals surface area contributed by atoms with Crippen LogP contribution in [0.1, 0.15) is 33.9 Å². The van der Waals surface area contributed by atoms with Gasteiger partial charge in [0.15, 0.2) is 0 Å². The molecule has 2 aromatic carbocycles. The predicted molar refractivity (Wildman–Crippen MR) is 90.2 cm³/mol. The fourth-order valence-electron chi connectivity index (χ4n) is 3.46. The number of nitrogens with zero attached hydrogens (tertiary/aromatic N) is 1. The van der Waals surface area contributed by atoms with E-state index < -0.39 is 6.36 Å². The summed E-state index contributed by atoms with van der Waals surface area (Å²) in [5.41, 5.74) is 10.6. The number of aryl methyl sites for hydroxylation is 1. The second-order valence-corrected chi connectivity index (χ2v) is 6.37. The van der Waals surface area contributed by atoms with Crippen molar-refractivity contribution in [3.63, 3.8) is 0 Å². The zero-order valence-corrected chi connectivity index (χ0v) is 14.2. The predicted octanol–water partition coefficient (Wildman–Crippen LogP) is 3.61. The molecule has 1 aliphatic heterocycles. The van der Waals surface area contributed by atoms with Crippen LogP contribution in [-0.4, -0.2) is 17.5 Å². The summed E-state index contributed by atoms with van der Waals surface area (Å²) in [5, 5.41) is 0. The second-order valence-electron chi connectivity index (χ2n) is 6.37. The molecular formula is C19H19F3N2O2. The van der Waals surface area contributed by atoms with Gasteiger partial charge in [0.25, 0.3) is 0 Å². The minimum atomic E-state index is -4.71. The Morgan fingerprint density at radius 2 is 1.92 bits per heavy atom. The third-order valence-corrected chi connectivity index (χ3v) is 4.50. The van der Waals surface area contributed by atoms with Gasteiger partial charge in [0, 0.05) is 19.6 Å². The summed E-state index contributed by atoms with van der Waals surface area (Å²) in [4.78, 5) is 13.7. The zero-order valence-electron chi connectivity index (χ0n) is 14.2. The standard InChI is InChI=1S/C19H19F3N2O2/c1-12-6-14(8-23)7-15-10-24(17(11-25)18(12)15)9-13-2-4-16(5-3-13)26-19(20,21)22/h2-7,11,17H,8-10,23H2,1H3. The molecule has 1 unspecified atom stereocenters. The van der Waals surface area contributed by atoms with E-state index in [0.29, 0.717) is 19.6 Å². The fourth-order valence-corrected chi connectivity index (χ4v) is 3.46. The molecule has 4 nitrogen and oxygen atoms in total. The Balaban J connectivity index is 1.78. The van der Waals surface area contributed by atoms with Gasteiger partial charge in [-0.1, -0.05) is 24.3 Å². The van der Waals surface area contributed by atoms with E-state index in [2.05, 4.69) is 4.74 Å². The van der Waals surface area contributed by atoms with Gasteiger partial charge in [-0.3, -0.25) is 4.90 Å². The molecule has 2 N–H and O–H groups in total. The average molecular weight is 364 g/mol. The summed E-state index contributed by atoms with van der Waals surface area (Å²) in [6, 6.07) is 9.33. The Hall–Kier alpha value is -2.38. The van der Waals surface area contributed by atoms with Gasteiger partial charge in [-0.15, -0.1) is 13.2 Å². The second kappa shape index (κ2) is 7.09. The smallest absolute Gasteiger partial charge is 0.406 e. The molecule has 0 aliphatic carbocycles. The number of hydrogen-bond acceptors (Lipinski definition) is 4. The molecule has 1 aliphatic rings. The highest BCUT2D eigenvalue weighted by molar-refractivity contribution is 5.66. The molecule has 138 valence electrons. The zero-order chi connectivity index (χ0) is 18.9. The molecule has 0 spiro atoms. The van der Waals surface area contributed by atoms with E-state index in [1.54, 1.807) is 12.1 Å². The lowest BCUT2D eigenvalue weighted by Crippen LogP contribution is -2.23. The first-order valence-electron chi connectivity index (χ1n) is 8.17. The number of rotatable bonds is 5. The Bertz CT molecular complexity index is 804. The number of halogens is 3. The van der Waals surface area contributed by atoms with E-state index in [-0.39, 0.29) is 11.8 Å². The number of benzene rings is 2. The quantitative estimate of drug-likeness (QED) is 0.824. The molecule has 0 radical (unpaired) electrons. The van der Waals surface area contributed by atoms with Gasteiger partial charge in [-0.25, -0.2) is 0 Å². The van der Waals surface area contributed by atoms with E-state index in [0.717, 1.165) is 34.1 Å². The van der Waals surface area contributed by atoms with Gasteiger partial charge in [0.2, 0.25) is 0 Å². The molecule has 0 saturated heterocycles. The number of carbonyl (C=O) groups is 1. The molecule has 1 atom stereocenters. The van der Waals surface area contributed by atoms with Crippen LogP contribution in [0.5, 0.6) is 5.75 Å². The first-order valence-corrected chi connectivity index (χ1v) is 8.17. The summed E-state index contributed by atoms with van der Waals surface area (Å²) in [5.74, 6) is -0.263. The maximum atomic E-state index is 12.2. The van der Waals surface area contributed by atoms with Gasteiger partial charge in [0.1, 0.15) is 12.0 Å². The molecule has 26 heavy (non-hydrogen) atoms. The summed E-state index contributed by atoms with van der Waals surface area (Å²) < 4.78 is 40.6. The van der Waals surface area contributed by atoms with Gasteiger partial charge in [0.05, 0.1) is 6.04 Å². The number of hydrogen-bond donors (Lipinski definition) is 1. The average Bonchev–Trinajstić information content (AvgIpc) is 2.92. The van der Waals surface area contributed by atoms with Crippen molar-refractivity contribution in [3.05, 3.63) is 64.2 Å². The minimum absolute atomic E-state index is 0.263. The number of aldehydes is 1. The first-order chi connectivity index (χ1) is 12.3. The van der Waals surface area contributed by atoms with Crippen LogP contribution in [0.25, 0.3) is 0 Å². The van der Waals surface area contributed by atoms with E-state index in [1.165, 1.54) is 12.1 Å². The summed E-state index contributed by atoms with van der Waals surface area (Å²) in [6.07, 6.45) is -3.80. The van der Waals surface area contributed by atoms with Crippen LogP contribution in [0, 0.1) is 6.92 Å². The summed E-state index contributed by atoms with van der Waals surface area (Å²) >= 11 is 0. The number of fused-ring (bicyclic) bond motifs is 1. The number of nitrogens with two attached hydrogens (primary N) is 1. The molecule has 1 heterocycles. The maximum absolute atomic E-state index is 12.2. The van der Waals surface area contributed by atoms with Gasteiger partial charge >= 0.3 is 6.36 Å². The third-order valence-electron chi connectivity index (χ3n) is 4.50. The Morgan fingerprint density at radius 3 is 2.50 bits per heavy atom. The van der Waals surface area contributed by atoms with Crippen molar-refractivity contribution in [1.82, 2.24) is 4.90 Å². The Kier molecular flexibility index (Phi) is 5.02. The third kappa shape index (κ3) is 3.89. The molecule has 3 rings (SSSR count). The van der Waals surface area contributed by atoms with Crippen molar-refractivity contribution in [3.8, 4) is 5.75 Å². The topological polar surface area (TPSA) is 55.6 Å². The minimum Gasteiger partial charge on any atom is -0.406 e. The van der Waals surface area contributed by atoms with Crippen LogP contribution in [0.4, 0.5) is 13.2 Å². The molecule has 0 fully saturated rings. The monoisotopic (exact) mass is 364 g/mol. The number of alkyl halides is 3. The highest BCUT2D eigenvalue weighted by atomic mass is 19.4. The Labute approximate surface area is 149 Å². The first kappa shape index (κ1) is 18.4.